The van der Waals surface area contributed by atoms with Gasteiger partial charge in [-0.05, 0) is 23.8 Å². The molecule has 2 aromatic rings. The minimum absolute atomic E-state index is 0.187. The Hall–Kier alpha value is -2.57. The van der Waals surface area contributed by atoms with Crippen molar-refractivity contribution < 1.29 is 4.79 Å². The summed E-state index contributed by atoms with van der Waals surface area (Å²) < 4.78 is 0. The summed E-state index contributed by atoms with van der Waals surface area (Å²) in [6.07, 6.45) is 1.34. The van der Waals surface area contributed by atoms with Crippen LogP contribution in [0.15, 0.2) is 71.3 Å². The van der Waals surface area contributed by atoms with Gasteiger partial charge in [0.15, 0.2) is 11.3 Å². The second kappa shape index (κ2) is 6.97. The van der Waals surface area contributed by atoms with Crippen LogP contribution in [0.5, 0.6) is 0 Å². The van der Waals surface area contributed by atoms with Gasteiger partial charge in [0.05, 0.1) is 5.36 Å². The van der Waals surface area contributed by atoms with Gasteiger partial charge < -0.3 is 0 Å². The van der Waals surface area contributed by atoms with Crippen LogP contribution in [0.4, 0.5) is 0 Å². The van der Waals surface area contributed by atoms with E-state index in [0.717, 1.165) is 16.1 Å². The molecule has 1 atom stereocenters. The monoisotopic (exact) mass is 382 g/mol. The minimum Gasteiger partial charge on any atom is -0.298 e. The van der Waals surface area contributed by atoms with Crippen LogP contribution in [-0.2, 0) is 4.79 Å². The average molecular weight is 383 g/mol. The molecule has 26 heavy (non-hydrogen) atoms. The number of rotatable bonds is 3. The van der Waals surface area contributed by atoms with Gasteiger partial charge in [-0.2, -0.15) is 0 Å². The molecular formula is C19H15ClN4OS. The number of hydrogen-bond acceptors (Lipinski definition) is 5. The lowest BCUT2D eigenvalue weighted by molar-refractivity contribution is -0.116. The molecule has 2 aliphatic heterocycles. The number of amidine groups is 1. The van der Waals surface area contributed by atoms with Crippen LogP contribution in [0.3, 0.4) is 0 Å². The Labute approximate surface area is 159 Å². The minimum atomic E-state index is -0.428. The Morgan fingerprint density at radius 2 is 2.00 bits per heavy atom. The van der Waals surface area contributed by atoms with Crippen LogP contribution in [0.2, 0.25) is 5.02 Å². The molecule has 1 N–H and O–H groups in total. The molecule has 0 aromatic heterocycles. The van der Waals surface area contributed by atoms with Crippen molar-refractivity contribution in [2.75, 3.05) is 5.75 Å². The first-order chi connectivity index (χ1) is 12.7. The molecule has 0 spiro atoms. The molecule has 1 unspecified atom stereocenters. The maximum absolute atomic E-state index is 12.8. The van der Waals surface area contributed by atoms with Crippen molar-refractivity contribution in [3.63, 3.8) is 0 Å². The first-order valence-electron chi connectivity index (χ1n) is 8.03. The molecule has 0 bridgehead atoms. The first-order valence-corrected chi connectivity index (χ1v) is 9.39. The molecule has 130 valence electrons. The SMILES string of the molecule is C=CCSC1=NN2C(=c3ccccc3=NC2c2ccc(Cl)cc2)C(=O)N1. The van der Waals surface area contributed by atoms with Crippen LogP contribution in [0.1, 0.15) is 11.7 Å². The molecule has 0 fully saturated rings. The Balaban J connectivity index is 1.90. The molecule has 7 heteroatoms. The molecule has 0 radical (unpaired) electrons. The topological polar surface area (TPSA) is 57.1 Å². The molecule has 0 saturated carbocycles. The highest BCUT2D eigenvalue weighted by Crippen LogP contribution is 2.31. The fraction of sp³-hybridized carbons (Fsp3) is 0.105. The zero-order valence-electron chi connectivity index (χ0n) is 13.7. The Kier molecular flexibility index (Phi) is 4.53. The number of hydrogen-bond donors (Lipinski definition) is 1. The zero-order valence-corrected chi connectivity index (χ0v) is 15.3. The fourth-order valence-corrected chi connectivity index (χ4v) is 3.59. The van der Waals surface area contributed by atoms with Crippen LogP contribution in [0, 0.1) is 0 Å². The van der Waals surface area contributed by atoms with Crippen LogP contribution < -0.4 is 15.9 Å². The predicted molar refractivity (Wildman–Crippen MR) is 105 cm³/mol. The van der Waals surface area contributed by atoms with Gasteiger partial charge in [-0.15, -0.1) is 11.7 Å². The highest BCUT2D eigenvalue weighted by atomic mass is 35.5. The van der Waals surface area contributed by atoms with Gasteiger partial charge in [0.2, 0.25) is 0 Å². The largest absolute Gasteiger partial charge is 0.298 e. The normalized spacial score (nSPS) is 18.3. The van der Waals surface area contributed by atoms with Gasteiger partial charge in [-0.1, -0.05) is 59.8 Å². The third-order valence-corrected chi connectivity index (χ3v) is 5.13. The van der Waals surface area contributed by atoms with Gasteiger partial charge in [0, 0.05) is 16.0 Å². The number of nitrogens with zero attached hydrogens (tertiary/aromatic N) is 3. The molecule has 4 rings (SSSR count). The number of amides is 1. The Morgan fingerprint density at radius 1 is 1.23 bits per heavy atom. The molecule has 2 aliphatic rings. The van der Waals surface area contributed by atoms with E-state index in [4.69, 9.17) is 16.6 Å². The van der Waals surface area contributed by atoms with E-state index < -0.39 is 6.17 Å². The van der Waals surface area contributed by atoms with E-state index in [1.807, 2.05) is 48.5 Å². The van der Waals surface area contributed by atoms with E-state index in [-0.39, 0.29) is 5.91 Å². The highest BCUT2D eigenvalue weighted by molar-refractivity contribution is 8.14. The molecule has 1 amide bonds. The van der Waals surface area contributed by atoms with E-state index in [2.05, 4.69) is 17.0 Å². The second-order valence-corrected chi connectivity index (χ2v) is 7.17. The molecule has 0 saturated heterocycles. The number of benzene rings is 2. The summed E-state index contributed by atoms with van der Waals surface area (Å²) in [6, 6.07) is 15.0. The Bertz CT molecular complexity index is 1030. The number of para-hydroxylation sites is 1. The number of fused-ring (bicyclic) bond motifs is 2. The number of nitrogens with one attached hydrogen (secondary N) is 1. The summed E-state index contributed by atoms with van der Waals surface area (Å²) in [4.78, 5) is 17.6. The van der Waals surface area contributed by atoms with E-state index in [0.29, 0.717) is 21.6 Å². The smallest absolute Gasteiger partial charge is 0.276 e. The maximum Gasteiger partial charge on any atom is 0.276 e. The van der Waals surface area contributed by atoms with Crippen molar-refractivity contribution in [1.82, 2.24) is 10.3 Å². The molecule has 2 heterocycles. The number of carbonyl (C=O) groups excluding carboxylic acids is 1. The molecule has 2 aromatic carbocycles. The summed E-state index contributed by atoms with van der Waals surface area (Å²) in [6.45, 7) is 3.71. The average Bonchev–Trinajstić information content (AvgIpc) is 2.66. The lowest BCUT2D eigenvalue weighted by atomic mass is 10.1. The standard InChI is InChI=1S/C19H15ClN4OS/c1-2-11-26-19-22-18(25)16-14-5-3-4-6-15(14)21-17(24(16)23-19)12-7-9-13(20)10-8-12/h2-10,17H,1,11H2,(H,22,23,25). The number of hydrazone groups is 1. The van der Waals surface area contributed by atoms with Crippen LogP contribution in [-0.4, -0.2) is 21.8 Å². The van der Waals surface area contributed by atoms with Crippen molar-refractivity contribution in [2.45, 2.75) is 6.17 Å². The number of halogens is 1. The lowest BCUT2D eigenvalue weighted by Crippen LogP contribution is -2.50. The first kappa shape index (κ1) is 16.9. The fourth-order valence-electron chi connectivity index (χ4n) is 2.88. The molecular weight excluding hydrogens is 368 g/mol. The van der Waals surface area contributed by atoms with Crippen molar-refractivity contribution in [3.05, 3.63) is 82.3 Å². The van der Waals surface area contributed by atoms with Crippen molar-refractivity contribution in [3.8, 4) is 0 Å². The third-order valence-electron chi connectivity index (χ3n) is 4.02. The quantitative estimate of drug-likeness (QED) is 0.829. The highest BCUT2D eigenvalue weighted by Gasteiger charge is 2.34. The van der Waals surface area contributed by atoms with Crippen molar-refractivity contribution in [1.29, 1.82) is 0 Å². The van der Waals surface area contributed by atoms with Gasteiger partial charge in [-0.3, -0.25) is 15.1 Å². The second-order valence-electron chi connectivity index (χ2n) is 5.72. The van der Waals surface area contributed by atoms with Gasteiger partial charge in [0.25, 0.3) is 5.91 Å². The summed E-state index contributed by atoms with van der Waals surface area (Å²) >= 11 is 7.44. The zero-order chi connectivity index (χ0) is 18.1. The van der Waals surface area contributed by atoms with Crippen LogP contribution in [0.25, 0.3) is 5.70 Å². The van der Waals surface area contributed by atoms with E-state index in [1.165, 1.54) is 11.8 Å². The number of thioether (sulfide) groups is 1. The summed E-state index contributed by atoms with van der Waals surface area (Å²) in [5, 5.41) is 11.9. The number of carbonyl (C=O) groups is 1. The summed E-state index contributed by atoms with van der Waals surface area (Å²) in [7, 11) is 0. The summed E-state index contributed by atoms with van der Waals surface area (Å²) in [5.74, 6) is 0.467. The molecule has 0 aliphatic carbocycles. The van der Waals surface area contributed by atoms with Gasteiger partial charge in [-0.25, -0.2) is 5.01 Å². The maximum atomic E-state index is 12.8. The summed E-state index contributed by atoms with van der Waals surface area (Å²) in [5.41, 5.74) is 1.41. The van der Waals surface area contributed by atoms with Crippen molar-refractivity contribution in [2.24, 2.45) is 10.1 Å². The lowest BCUT2D eigenvalue weighted by Gasteiger charge is -2.34. The Morgan fingerprint density at radius 3 is 2.77 bits per heavy atom. The van der Waals surface area contributed by atoms with Gasteiger partial charge in [0.1, 0.15) is 5.70 Å². The van der Waals surface area contributed by atoms with Gasteiger partial charge >= 0.3 is 0 Å². The molecule has 5 nitrogen and oxygen atoms in total. The van der Waals surface area contributed by atoms with Crippen LogP contribution >= 0.6 is 23.4 Å². The van der Waals surface area contributed by atoms with E-state index >= 15 is 0 Å². The third kappa shape index (κ3) is 3.02. The van der Waals surface area contributed by atoms with E-state index in [9.17, 15) is 4.79 Å². The van der Waals surface area contributed by atoms with Crippen molar-refractivity contribution >= 4 is 40.1 Å². The van der Waals surface area contributed by atoms with E-state index in [1.54, 1.807) is 11.1 Å². The predicted octanol–water partition coefficient (Wildman–Crippen LogP) is 2.40.